The van der Waals surface area contributed by atoms with Crippen molar-refractivity contribution in [3.63, 3.8) is 0 Å². The SMILES string of the molecule is CC(C)(C)OC(=O)CCC(=CF)COc1ccc2c(c1)CCNC2=O. The van der Waals surface area contributed by atoms with Gasteiger partial charge >= 0.3 is 5.97 Å². The van der Waals surface area contributed by atoms with Crippen molar-refractivity contribution < 1.29 is 23.5 Å². The lowest BCUT2D eigenvalue weighted by Crippen LogP contribution is -2.31. The summed E-state index contributed by atoms with van der Waals surface area (Å²) in [5.74, 6) is 0.117. The molecule has 0 aliphatic carbocycles. The lowest BCUT2D eigenvalue weighted by molar-refractivity contribution is -0.154. The predicted molar refractivity (Wildman–Crippen MR) is 92.2 cm³/mol. The molecule has 1 heterocycles. The van der Waals surface area contributed by atoms with Crippen molar-refractivity contribution in [3.8, 4) is 5.75 Å². The number of ether oxygens (including phenoxy) is 2. The molecular weight excluding hydrogens is 325 g/mol. The molecule has 136 valence electrons. The monoisotopic (exact) mass is 349 g/mol. The van der Waals surface area contributed by atoms with Crippen LogP contribution in [0.3, 0.4) is 0 Å². The van der Waals surface area contributed by atoms with E-state index < -0.39 is 5.60 Å². The van der Waals surface area contributed by atoms with Gasteiger partial charge in [0.05, 0.1) is 6.33 Å². The molecule has 0 fully saturated rings. The Morgan fingerprint density at radius 3 is 2.76 bits per heavy atom. The molecule has 1 aliphatic heterocycles. The molecule has 0 saturated heterocycles. The van der Waals surface area contributed by atoms with E-state index in [0.717, 1.165) is 12.0 Å². The summed E-state index contributed by atoms with van der Waals surface area (Å²) in [5, 5.41) is 2.78. The van der Waals surface area contributed by atoms with E-state index in [0.29, 0.717) is 29.8 Å². The van der Waals surface area contributed by atoms with Crippen LogP contribution in [0.2, 0.25) is 0 Å². The second-order valence-corrected chi connectivity index (χ2v) is 6.97. The van der Waals surface area contributed by atoms with E-state index in [1.54, 1.807) is 39.0 Å². The fourth-order valence-electron chi connectivity index (χ4n) is 2.48. The van der Waals surface area contributed by atoms with Gasteiger partial charge in [-0.15, -0.1) is 0 Å². The van der Waals surface area contributed by atoms with Crippen molar-refractivity contribution in [2.45, 2.75) is 45.6 Å². The molecule has 1 aromatic rings. The van der Waals surface area contributed by atoms with Gasteiger partial charge in [-0.05, 0) is 62.9 Å². The van der Waals surface area contributed by atoms with E-state index in [1.165, 1.54) is 0 Å². The molecule has 0 saturated carbocycles. The zero-order valence-corrected chi connectivity index (χ0v) is 14.9. The molecule has 0 spiro atoms. The molecule has 1 aromatic carbocycles. The summed E-state index contributed by atoms with van der Waals surface area (Å²) >= 11 is 0. The summed E-state index contributed by atoms with van der Waals surface area (Å²) in [5.41, 5.74) is 1.38. The van der Waals surface area contributed by atoms with Crippen molar-refractivity contribution in [2.75, 3.05) is 13.2 Å². The first-order chi connectivity index (χ1) is 11.8. The van der Waals surface area contributed by atoms with Crippen LogP contribution in [-0.4, -0.2) is 30.6 Å². The Kier molecular flexibility index (Phi) is 6.17. The molecule has 1 amide bonds. The maximum Gasteiger partial charge on any atom is 0.306 e. The maximum atomic E-state index is 13.0. The van der Waals surface area contributed by atoms with Crippen molar-refractivity contribution in [1.82, 2.24) is 5.32 Å². The number of rotatable bonds is 6. The average molecular weight is 349 g/mol. The zero-order valence-electron chi connectivity index (χ0n) is 14.9. The lowest BCUT2D eigenvalue weighted by Gasteiger charge is -2.19. The van der Waals surface area contributed by atoms with Crippen LogP contribution >= 0.6 is 0 Å². The minimum Gasteiger partial charge on any atom is -0.489 e. The van der Waals surface area contributed by atoms with Gasteiger partial charge in [-0.2, -0.15) is 0 Å². The highest BCUT2D eigenvalue weighted by molar-refractivity contribution is 5.96. The number of carbonyl (C=O) groups is 2. The molecule has 5 nitrogen and oxygen atoms in total. The average Bonchev–Trinajstić information content (AvgIpc) is 2.53. The highest BCUT2D eigenvalue weighted by Gasteiger charge is 2.18. The van der Waals surface area contributed by atoms with Gasteiger partial charge in [-0.25, -0.2) is 4.39 Å². The first-order valence-electron chi connectivity index (χ1n) is 8.32. The quantitative estimate of drug-likeness (QED) is 0.800. The smallest absolute Gasteiger partial charge is 0.306 e. The molecule has 1 aliphatic rings. The number of hydrogen-bond acceptors (Lipinski definition) is 4. The van der Waals surface area contributed by atoms with Crippen LogP contribution in [0.4, 0.5) is 4.39 Å². The van der Waals surface area contributed by atoms with Gasteiger partial charge in [0.2, 0.25) is 0 Å². The van der Waals surface area contributed by atoms with E-state index in [4.69, 9.17) is 9.47 Å². The van der Waals surface area contributed by atoms with Gasteiger partial charge < -0.3 is 14.8 Å². The van der Waals surface area contributed by atoms with E-state index in [1.807, 2.05) is 0 Å². The Bertz CT molecular complexity index is 676. The maximum absolute atomic E-state index is 13.0. The standard InChI is InChI=1S/C19H24FNO4/c1-19(2,3)25-17(22)7-4-13(11-20)12-24-15-5-6-16-14(10-15)8-9-21-18(16)23/h5-6,10-11H,4,7-9,12H2,1-3H3,(H,21,23). The largest absolute Gasteiger partial charge is 0.489 e. The summed E-state index contributed by atoms with van der Waals surface area (Å²) in [6.45, 7) is 6.01. The van der Waals surface area contributed by atoms with Crippen molar-refractivity contribution >= 4 is 11.9 Å². The number of nitrogens with one attached hydrogen (secondary N) is 1. The third kappa shape index (κ3) is 5.89. The van der Waals surface area contributed by atoms with Crippen molar-refractivity contribution in [1.29, 1.82) is 0 Å². The highest BCUT2D eigenvalue weighted by atomic mass is 19.1. The van der Waals surface area contributed by atoms with Crippen molar-refractivity contribution in [2.24, 2.45) is 0 Å². The van der Waals surface area contributed by atoms with Crippen LogP contribution in [-0.2, 0) is 16.0 Å². The van der Waals surface area contributed by atoms with Gasteiger partial charge in [-0.3, -0.25) is 9.59 Å². The fourth-order valence-corrected chi connectivity index (χ4v) is 2.48. The molecule has 6 heteroatoms. The van der Waals surface area contributed by atoms with Gasteiger partial charge in [-0.1, -0.05) is 0 Å². The predicted octanol–water partition coefficient (Wildman–Crippen LogP) is 3.33. The molecule has 25 heavy (non-hydrogen) atoms. The Morgan fingerprint density at radius 1 is 1.32 bits per heavy atom. The summed E-state index contributed by atoms with van der Waals surface area (Å²) in [4.78, 5) is 23.4. The number of benzene rings is 1. The van der Waals surface area contributed by atoms with Crippen LogP contribution in [0.5, 0.6) is 5.75 Å². The number of amides is 1. The third-order valence-electron chi connectivity index (χ3n) is 3.65. The van der Waals surface area contributed by atoms with E-state index in [-0.39, 0.29) is 31.3 Å². The van der Waals surface area contributed by atoms with Gasteiger partial charge in [0.1, 0.15) is 18.0 Å². The van der Waals surface area contributed by atoms with E-state index in [9.17, 15) is 14.0 Å². The lowest BCUT2D eigenvalue weighted by atomic mass is 10.0. The topological polar surface area (TPSA) is 64.6 Å². The molecule has 2 rings (SSSR count). The first-order valence-corrected chi connectivity index (χ1v) is 8.32. The number of halogens is 1. The summed E-state index contributed by atoms with van der Waals surface area (Å²) in [6.07, 6.45) is 1.54. The first kappa shape index (κ1) is 19.0. The normalized spacial score (nSPS) is 14.6. The number of carbonyl (C=O) groups excluding carboxylic acids is 2. The van der Waals surface area contributed by atoms with Crippen molar-refractivity contribution in [3.05, 3.63) is 41.2 Å². The molecule has 1 N–H and O–H groups in total. The summed E-state index contributed by atoms with van der Waals surface area (Å²) < 4.78 is 23.8. The summed E-state index contributed by atoms with van der Waals surface area (Å²) in [6, 6.07) is 5.20. The minimum atomic E-state index is -0.553. The second kappa shape index (κ2) is 8.14. The molecule has 0 unspecified atom stereocenters. The molecular formula is C19H24FNO4. The summed E-state index contributed by atoms with van der Waals surface area (Å²) in [7, 11) is 0. The Hall–Kier alpha value is -2.37. The molecule has 0 bridgehead atoms. The Balaban J connectivity index is 1.87. The van der Waals surface area contributed by atoms with Gasteiger partial charge in [0.25, 0.3) is 5.91 Å². The van der Waals surface area contributed by atoms with Crippen LogP contribution in [0, 0.1) is 0 Å². The minimum absolute atomic E-state index is 0.0459. The number of hydrogen-bond donors (Lipinski definition) is 1. The molecule has 0 radical (unpaired) electrons. The van der Waals surface area contributed by atoms with Gasteiger partial charge in [0.15, 0.2) is 0 Å². The van der Waals surface area contributed by atoms with E-state index >= 15 is 0 Å². The van der Waals surface area contributed by atoms with Crippen LogP contribution < -0.4 is 10.1 Å². The third-order valence-corrected chi connectivity index (χ3v) is 3.65. The molecule has 0 atom stereocenters. The second-order valence-electron chi connectivity index (χ2n) is 6.97. The fraction of sp³-hybridized carbons (Fsp3) is 0.474. The number of fused-ring (bicyclic) bond motifs is 1. The zero-order chi connectivity index (χ0) is 18.4. The Labute approximate surface area is 147 Å². The highest BCUT2D eigenvalue weighted by Crippen LogP contribution is 2.22. The Morgan fingerprint density at radius 2 is 2.08 bits per heavy atom. The van der Waals surface area contributed by atoms with Gasteiger partial charge in [0, 0.05) is 18.5 Å². The van der Waals surface area contributed by atoms with Crippen LogP contribution in [0.15, 0.2) is 30.1 Å². The number of esters is 1. The van der Waals surface area contributed by atoms with E-state index in [2.05, 4.69) is 5.32 Å². The van der Waals surface area contributed by atoms with Crippen LogP contribution in [0.25, 0.3) is 0 Å². The van der Waals surface area contributed by atoms with Crippen LogP contribution in [0.1, 0.15) is 49.5 Å². The molecule has 0 aromatic heterocycles.